The molecule has 0 bridgehead atoms. The van der Waals surface area contributed by atoms with E-state index in [1.807, 2.05) is 30.3 Å². The van der Waals surface area contributed by atoms with Gasteiger partial charge in [-0.3, -0.25) is 9.59 Å². The first kappa shape index (κ1) is 14.6. The minimum Gasteiger partial charge on any atom is -0.481 e. The van der Waals surface area contributed by atoms with Gasteiger partial charge in [0, 0.05) is 19.5 Å². The number of rotatable bonds is 4. The number of hydrogen-bond acceptors (Lipinski definition) is 2. The molecule has 2 rings (SSSR count). The molecule has 0 unspecified atom stereocenters. The molecule has 1 N–H and O–H groups in total. The van der Waals surface area contributed by atoms with Gasteiger partial charge in [0.25, 0.3) is 0 Å². The van der Waals surface area contributed by atoms with Gasteiger partial charge in [0.05, 0.1) is 5.92 Å². The van der Waals surface area contributed by atoms with Crippen molar-refractivity contribution in [1.29, 1.82) is 0 Å². The number of carbonyl (C=O) groups excluding carboxylic acids is 1. The number of hydrogen-bond donors (Lipinski definition) is 1. The highest BCUT2D eigenvalue weighted by Gasteiger charge is 2.32. The number of amides is 1. The Bertz CT molecular complexity index is 472. The molecular formula is C16H21NO3. The number of nitrogens with zero attached hydrogens (tertiary/aromatic N) is 1. The van der Waals surface area contributed by atoms with Crippen LogP contribution in [0, 0.1) is 11.8 Å². The second kappa shape index (κ2) is 6.55. The van der Waals surface area contributed by atoms with Gasteiger partial charge in [-0.1, -0.05) is 36.8 Å². The lowest BCUT2D eigenvalue weighted by molar-refractivity contribution is -0.145. The predicted molar refractivity (Wildman–Crippen MR) is 76.0 cm³/mol. The molecule has 4 heteroatoms. The summed E-state index contributed by atoms with van der Waals surface area (Å²) >= 11 is 0. The molecule has 2 atom stereocenters. The van der Waals surface area contributed by atoms with Crippen LogP contribution in [-0.4, -0.2) is 28.9 Å². The van der Waals surface area contributed by atoms with Crippen LogP contribution < -0.4 is 0 Å². The van der Waals surface area contributed by atoms with E-state index in [0.717, 1.165) is 18.4 Å². The number of carbonyl (C=O) groups is 2. The first-order valence-electron chi connectivity index (χ1n) is 7.09. The zero-order valence-corrected chi connectivity index (χ0v) is 11.8. The smallest absolute Gasteiger partial charge is 0.306 e. The SMILES string of the molecule is CN(Cc1ccccc1)C(=O)[C@@H]1CCC[C@@H](C(=O)O)C1. The molecule has 108 valence electrons. The third-order valence-corrected chi connectivity index (χ3v) is 4.01. The summed E-state index contributed by atoms with van der Waals surface area (Å²) in [4.78, 5) is 25.2. The van der Waals surface area contributed by atoms with Crippen molar-refractivity contribution in [3.05, 3.63) is 35.9 Å². The Labute approximate surface area is 119 Å². The van der Waals surface area contributed by atoms with Gasteiger partial charge >= 0.3 is 5.97 Å². The molecule has 0 aromatic heterocycles. The second-order valence-corrected chi connectivity index (χ2v) is 5.58. The maximum atomic E-state index is 12.4. The van der Waals surface area contributed by atoms with Crippen LogP contribution in [0.15, 0.2) is 30.3 Å². The molecule has 4 nitrogen and oxygen atoms in total. The van der Waals surface area contributed by atoms with Crippen LogP contribution in [0.4, 0.5) is 0 Å². The fourth-order valence-corrected chi connectivity index (χ4v) is 2.89. The van der Waals surface area contributed by atoms with Crippen LogP contribution in [0.3, 0.4) is 0 Å². The van der Waals surface area contributed by atoms with Crippen LogP contribution in [0.5, 0.6) is 0 Å². The molecular weight excluding hydrogens is 254 g/mol. The molecule has 0 aliphatic heterocycles. The summed E-state index contributed by atoms with van der Waals surface area (Å²) in [5, 5.41) is 9.09. The van der Waals surface area contributed by atoms with Crippen molar-refractivity contribution < 1.29 is 14.7 Å². The maximum Gasteiger partial charge on any atom is 0.306 e. The lowest BCUT2D eigenvalue weighted by atomic mass is 9.81. The van der Waals surface area contributed by atoms with Crippen LogP contribution in [0.1, 0.15) is 31.2 Å². The summed E-state index contributed by atoms with van der Waals surface area (Å²) in [6, 6.07) is 9.84. The molecule has 1 amide bonds. The van der Waals surface area contributed by atoms with Gasteiger partial charge in [0.2, 0.25) is 5.91 Å². The monoisotopic (exact) mass is 275 g/mol. The van der Waals surface area contributed by atoms with Gasteiger partial charge in [-0.05, 0) is 24.8 Å². The summed E-state index contributed by atoms with van der Waals surface area (Å²) in [6.45, 7) is 0.577. The van der Waals surface area contributed by atoms with E-state index in [9.17, 15) is 9.59 Å². The zero-order valence-electron chi connectivity index (χ0n) is 11.8. The van der Waals surface area contributed by atoms with Crippen molar-refractivity contribution in [2.24, 2.45) is 11.8 Å². The van der Waals surface area contributed by atoms with Crippen molar-refractivity contribution >= 4 is 11.9 Å². The summed E-state index contributed by atoms with van der Waals surface area (Å²) in [5.74, 6) is -1.20. The average molecular weight is 275 g/mol. The molecule has 0 spiro atoms. The van der Waals surface area contributed by atoms with Crippen molar-refractivity contribution in [3.63, 3.8) is 0 Å². The predicted octanol–water partition coefficient (Wildman–Crippen LogP) is 2.54. The van der Waals surface area contributed by atoms with Crippen molar-refractivity contribution in [1.82, 2.24) is 4.90 Å². The van der Waals surface area contributed by atoms with Crippen LogP contribution in [0.2, 0.25) is 0 Å². The number of aliphatic carboxylic acids is 1. The Morgan fingerprint density at radius 3 is 2.50 bits per heavy atom. The van der Waals surface area contributed by atoms with E-state index in [-0.39, 0.29) is 17.7 Å². The van der Waals surface area contributed by atoms with E-state index in [0.29, 0.717) is 19.4 Å². The highest BCUT2D eigenvalue weighted by molar-refractivity contribution is 5.80. The minimum absolute atomic E-state index is 0.0693. The van der Waals surface area contributed by atoms with Crippen LogP contribution in [0.25, 0.3) is 0 Å². The van der Waals surface area contributed by atoms with Gasteiger partial charge in [-0.2, -0.15) is 0 Å². The Morgan fingerprint density at radius 1 is 1.20 bits per heavy atom. The molecule has 20 heavy (non-hydrogen) atoms. The molecule has 1 aromatic carbocycles. The van der Waals surface area contributed by atoms with Gasteiger partial charge in [0.15, 0.2) is 0 Å². The van der Waals surface area contributed by atoms with Crippen LogP contribution >= 0.6 is 0 Å². The van der Waals surface area contributed by atoms with E-state index >= 15 is 0 Å². The molecule has 1 aliphatic carbocycles. The number of carboxylic acids is 1. The fraction of sp³-hybridized carbons (Fsp3) is 0.500. The standard InChI is InChI=1S/C16H21NO3/c1-17(11-12-6-3-2-4-7-12)15(18)13-8-5-9-14(10-13)16(19)20/h2-4,6-7,13-14H,5,8-11H2,1H3,(H,19,20)/t13-,14-/m1/s1. The lowest BCUT2D eigenvalue weighted by Crippen LogP contribution is -2.36. The van der Waals surface area contributed by atoms with E-state index < -0.39 is 5.97 Å². The summed E-state index contributed by atoms with van der Waals surface area (Å²) in [5.41, 5.74) is 1.09. The highest BCUT2D eigenvalue weighted by Crippen LogP contribution is 2.30. The van der Waals surface area contributed by atoms with Gasteiger partial charge in [-0.25, -0.2) is 0 Å². The molecule has 1 aliphatic rings. The first-order chi connectivity index (χ1) is 9.58. The maximum absolute atomic E-state index is 12.4. The molecule has 1 aromatic rings. The average Bonchev–Trinajstić information content (AvgIpc) is 2.47. The zero-order chi connectivity index (χ0) is 14.5. The van der Waals surface area contributed by atoms with E-state index in [1.165, 1.54) is 0 Å². The van der Waals surface area contributed by atoms with E-state index in [2.05, 4.69) is 0 Å². The minimum atomic E-state index is -0.770. The normalized spacial score (nSPS) is 22.2. The highest BCUT2D eigenvalue weighted by atomic mass is 16.4. The van der Waals surface area contributed by atoms with Crippen molar-refractivity contribution in [3.8, 4) is 0 Å². The lowest BCUT2D eigenvalue weighted by Gasteiger charge is -2.29. The van der Waals surface area contributed by atoms with Crippen LogP contribution in [-0.2, 0) is 16.1 Å². The van der Waals surface area contributed by atoms with Crippen molar-refractivity contribution in [2.45, 2.75) is 32.2 Å². The van der Waals surface area contributed by atoms with E-state index in [1.54, 1.807) is 11.9 Å². The summed E-state index contributed by atoms with van der Waals surface area (Å²) in [6.07, 6.45) is 2.81. The first-order valence-corrected chi connectivity index (χ1v) is 7.09. The Kier molecular flexibility index (Phi) is 4.77. The topological polar surface area (TPSA) is 57.6 Å². The largest absolute Gasteiger partial charge is 0.481 e. The fourth-order valence-electron chi connectivity index (χ4n) is 2.89. The Morgan fingerprint density at radius 2 is 1.85 bits per heavy atom. The molecule has 1 fully saturated rings. The third-order valence-electron chi connectivity index (χ3n) is 4.01. The molecule has 0 heterocycles. The Balaban J connectivity index is 1.94. The molecule has 1 saturated carbocycles. The van der Waals surface area contributed by atoms with Crippen molar-refractivity contribution in [2.75, 3.05) is 7.05 Å². The summed E-state index contributed by atoms with van der Waals surface area (Å²) < 4.78 is 0. The summed E-state index contributed by atoms with van der Waals surface area (Å²) in [7, 11) is 1.79. The number of carboxylic acid groups (broad SMARTS) is 1. The van der Waals surface area contributed by atoms with E-state index in [4.69, 9.17) is 5.11 Å². The van der Waals surface area contributed by atoms with Gasteiger partial charge in [-0.15, -0.1) is 0 Å². The van der Waals surface area contributed by atoms with Gasteiger partial charge in [0.1, 0.15) is 0 Å². The Hall–Kier alpha value is -1.84. The van der Waals surface area contributed by atoms with Gasteiger partial charge < -0.3 is 10.0 Å². The quantitative estimate of drug-likeness (QED) is 0.918. The molecule has 0 saturated heterocycles. The second-order valence-electron chi connectivity index (χ2n) is 5.58. The number of benzene rings is 1. The third kappa shape index (κ3) is 3.59. The molecule has 0 radical (unpaired) electrons.